The van der Waals surface area contributed by atoms with Gasteiger partial charge in [-0.1, -0.05) is 12.1 Å². The summed E-state index contributed by atoms with van der Waals surface area (Å²) < 4.78 is 0. The molecule has 1 aromatic heterocycles. The van der Waals surface area contributed by atoms with Crippen LogP contribution in [0.5, 0.6) is 0 Å². The number of hydrogen-bond donors (Lipinski definition) is 0. The third-order valence-corrected chi connectivity index (χ3v) is 3.34. The number of benzene rings is 1. The molecule has 8 nitrogen and oxygen atoms in total. The highest BCUT2D eigenvalue weighted by Crippen LogP contribution is 2.26. The van der Waals surface area contributed by atoms with Crippen molar-refractivity contribution in [1.29, 1.82) is 0 Å². The van der Waals surface area contributed by atoms with Gasteiger partial charge in [0.05, 0.1) is 29.1 Å². The van der Waals surface area contributed by atoms with Crippen molar-refractivity contribution in [3.63, 3.8) is 0 Å². The predicted octanol–water partition coefficient (Wildman–Crippen LogP) is 1.97. The van der Waals surface area contributed by atoms with Gasteiger partial charge in [-0.15, -0.1) is 0 Å². The van der Waals surface area contributed by atoms with Crippen LogP contribution < -0.4 is 9.96 Å². The van der Waals surface area contributed by atoms with Gasteiger partial charge in [-0.3, -0.25) is 19.2 Å². The first-order chi connectivity index (χ1) is 11.8. The predicted molar refractivity (Wildman–Crippen MR) is 89.0 cm³/mol. The van der Waals surface area contributed by atoms with Gasteiger partial charge in [0.15, 0.2) is 0 Å². The van der Waals surface area contributed by atoms with Gasteiger partial charge in [-0.05, 0) is 32.9 Å². The first kappa shape index (κ1) is 16.7. The Bertz CT molecular complexity index is 807. The smallest absolute Gasteiger partial charge is 0.268 e. The fourth-order valence-corrected chi connectivity index (χ4v) is 2.34. The number of hydrogen-bond acceptors (Lipinski definition) is 6. The van der Waals surface area contributed by atoms with Crippen molar-refractivity contribution in [2.75, 3.05) is 9.96 Å². The quantitative estimate of drug-likeness (QED) is 0.480. The van der Waals surface area contributed by atoms with E-state index in [0.29, 0.717) is 17.5 Å². The van der Waals surface area contributed by atoms with Crippen molar-refractivity contribution in [3.8, 4) is 0 Å². The van der Waals surface area contributed by atoms with E-state index in [2.05, 4.69) is 9.97 Å². The minimum Gasteiger partial charge on any atom is -0.276 e. The lowest BCUT2D eigenvalue weighted by Crippen LogP contribution is -2.34. The highest BCUT2D eigenvalue weighted by Gasteiger charge is 2.38. The lowest BCUT2D eigenvalue weighted by molar-refractivity contribution is -0.120. The van der Waals surface area contributed by atoms with Crippen LogP contribution in [-0.4, -0.2) is 33.8 Å². The summed E-state index contributed by atoms with van der Waals surface area (Å²) in [5.41, 5.74) is 0.309. The zero-order chi connectivity index (χ0) is 18.2. The van der Waals surface area contributed by atoms with Crippen molar-refractivity contribution in [2.24, 2.45) is 0 Å². The molecule has 0 bridgehead atoms. The Balaban J connectivity index is 1.88. The standard InChI is InChI=1S/C17H16N4O4/c1-17(2,3)25-20(10-22)11-8-18-16(19-9-11)21-14(23)12-6-4-5-7-13(12)15(21)24/h4-10H,1-3H3. The number of aromatic nitrogens is 2. The van der Waals surface area contributed by atoms with Crippen LogP contribution >= 0.6 is 0 Å². The monoisotopic (exact) mass is 340 g/mol. The number of rotatable bonds is 4. The second-order valence-electron chi connectivity index (χ2n) is 6.37. The summed E-state index contributed by atoms with van der Waals surface area (Å²) in [6.07, 6.45) is 3.11. The molecule has 2 heterocycles. The molecule has 1 aromatic carbocycles. The maximum atomic E-state index is 12.4. The number of nitrogens with zero attached hydrogens (tertiary/aromatic N) is 4. The van der Waals surface area contributed by atoms with E-state index in [0.717, 1.165) is 9.96 Å². The van der Waals surface area contributed by atoms with E-state index >= 15 is 0 Å². The van der Waals surface area contributed by atoms with Crippen LogP contribution in [0.2, 0.25) is 0 Å². The average Bonchev–Trinajstić information content (AvgIpc) is 2.84. The lowest BCUT2D eigenvalue weighted by Gasteiger charge is -2.26. The molecule has 0 spiro atoms. The fraction of sp³-hybridized carbons (Fsp3) is 0.235. The first-order valence-corrected chi connectivity index (χ1v) is 7.55. The summed E-state index contributed by atoms with van der Waals surface area (Å²) >= 11 is 0. The Hall–Kier alpha value is -3.13. The minimum atomic E-state index is -0.595. The molecule has 0 saturated carbocycles. The molecule has 0 unspecified atom stereocenters. The molecule has 8 heteroatoms. The molecule has 0 N–H and O–H groups in total. The van der Waals surface area contributed by atoms with Crippen molar-refractivity contribution < 1.29 is 19.2 Å². The van der Waals surface area contributed by atoms with Crippen LogP contribution in [0.25, 0.3) is 0 Å². The second-order valence-corrected chi connectivity index (χ2v) is 6.37. The van der Waals surface area contributed by atoms with Crippen LogP contribution in [0, 0.1) is 0 Å². The first-order valence-electron chi connectivity index (χ1n) is 7.55. The van der Waals surface area contributed by atoms with Gasteiger partial charge >= 0.3 is 0 Å². The number of fused-ring (bicyclic) bond motifs is 1. The third kappa shape index (κ3) is 3.11. The fourth-order valence-electron chi connectivity index (χ4n) is 2.34. The summed E-state index contributed by atoms with van der Waals surface area (Å²) in [5.74, 6) is -1.02. The maximum absolute atomic E-state index is 12.4. The third-order valence-electron chi connectivity index (χ3n) is 3.34. The average molecular weight is 340 g/mol. The maximum Gasteiger partial charge on any atom is 0.268 e. The second kappa shape index (κ2) is 6.06. The van der Waals surface area contributed by atoms with E-state index in [1.54, 1.807) is 45.0 Å². The number of amides is 3. The summed E-state index contributed by atoms with van der Waals surface area (Å²) in [5, 5.41) is 0.992. The van der Waals surface area contributed by atoms with Crippen LogP contribution in [0.4, 0.5) is 11.6 Å². The summed E-state index contributed by atoms with van der Waals surface area (Å²) in [6, 6.07) is 6.52. The molecule has 2 aromatic rings. The van der Waals surface area contributed by atoms with E-state index in [4.69, 9.17) is 4.84 Å². The van der Waals surface area contributed by atoms with Gasteiger partial charge in [0.25, 0.3) is 11.8 Å². The normalized spacial score (nSPS) is 13.8. The Morgan fingerprint density at radius 3 is 2.00 bits per heavy atom. The van der Waals surface area contributed by atoms with Gasteiger partial charge in [0.2, 0.25) is 12.4 Å². The van der Waals surface area contributed by atoms with E-state index in [1.165, 1.54) is 12.4 Å². The van der Waals surface area contributed by atoms with E-state index in [1.807, 2.05) is 0 Å². The Morgan fingerprint density at radius 1 is 1.04 bits per heavy atom. The van der Waals surface area contributed by atoms with E-state index < -0.39 is 17.4 Å². The van der Waals surface area contributed by atoms with Gasteiger partial charge in [-0.2, -0.15) is 5.06 Å². The highest BCUT2D eigenvalue weighted by molar-refractivity contribution is 6.33. The van der Waals surface area contributed by atoms with Crippen LogP contribution in [0.15, 0.2) is 36.7 Å². The van der Waals surface area contributed by atoms with Crippen molar-refractivity contribution in [2.45, 2.75) is 26.4 Å². The van der Waals surface area contributed by atoms with Crippen molar-refractivity contribution >= 4 is 29.9 Å². The van der Waals surface area contributed by atoms with Gasteiger partial charge in [-0.25, -0.2) is 14.9 Å². The molecule has 128 valence electrons. The lowest BCUT2D eigenvalue weighted by atomic mass is 10.1. The van der Waals surface area contributed by atoms with E-state index in [9.17, 15) is 14.4 Å². The zero-order valence-electron chi connectivity index (χ0n) is 14.0. The Kier molecular flexibility index (Phi) is 4.05. The van der Waals surface area contributed by atoms with Crippen molar-refractivity contribution in [3.05, 3.63) is 47.8 Å². The molecular weight excluding hydrogens is 324 g/mol. The molecule has 3 amide bonds. The summed E-state index contributed by atoms with van der Waals surface area (Å²) in [7, 11) is 0. The number of hydroxylamine groups is 1. The molecule has 0 atom stereocenters. The molecule has 3 rings (SSSR count). The molecule has 0 radical (unpaired) electrons. The Morgan fingerprint density at radius 2 is 1.56 bits per heavy atom. The SMILES string of the molecule is CC(C)(C)ON(C=O)c1cnc(N2C(=O)c3ccccc3C2=O)nc1. The molecule has 1 aliphatic rings. The largest absolute Gasteiger partial charge is 0.276 e. The van der Waals surface area contributed by atoms with Crippen molar-refractivity contribution in [1.82, 2.24) is 9.97 Å². The Labute approximate surface area is 144 Å². The number of imide groups is 1. The highest BCUT2D eigenvalue weighted by atomic mass is 16.7. The number of carbonyl (C=O) groups excluding carboxylic acids is 3. The summed E-state index contributed by atoms with van der Waals surface area (Å²) in [6.45, 7) is 5.37. The molecule has 0 aliphatic carbocycles. The van der Waals surface area contributed by atoms with Crippen LogP contribution in [0.3, 0.4) is 0 Å². The van der Waals surface area contributed by atoms with Gasteiger partial charge < -0.3 is 0 Å². The topological polar surface area (TPSA) is 92.7 Å². The minimum absolute atomic E-state index is 0.0587. The van der Waals surface area contributed by atoms with Gasteiger partial charge in [0.1, 0.15) is 5.69 Å². The zero-order valence-corrected chi connectivity index (χ0v) is 14.0. The van der Waals surface area contributed by atoms with Crippen LogP contribution in [0.1, 0.15) is 41.5 Å². The molecule has 0 fully saturated rings. The summed E-state index contributed by atoms with van der Waals surface area (Å²) in [4.78, 5) is 50.5. The molecule has 25 heavy (non-hydrogen) atoms. The van der Waals surface area contributed by atoms with E-state index in [-0.39, 0.29) is 11.6 Å². The molecule has 0 saturated heterocycles. The molecular formula is C17H16N4O4. The van der Waals surface area contributed by atoms with Crippen LogP contribution in [-0.2, 0) is 9.63 Å². The number of anilines is 2. The molecule has 1 aliphatic heterocycles. The number of carbonyl (C=O) groups is 3. The van der Waals surface area contributed by atoms with Gasteiger partial charge in [0, 0.05) is 0 Å².